The minimum atomic E-state index is 0.189. The van der Waals surface area contributed by atoms with E-state index in [1.807, 2.05) is 7.05 Å². The van der Waals surface area contributed by atoms with E-state index in [4.69, 9.17) is 4.74 Å². The maximum Gasteiger partial charge on any atom is 0.0955 e. The Balaban J connectivity index is 2.29. The number of ether oxygens (including phenoxy) is 1. The molecule has 1 N–H and O–H groups in total. The Morgan fingerprint density at radius 3 is 2.65 bits per heavy atom. The fourth-order valence-corrected chi connectivity index (χ4v) is 2.41. The third-order valence-electron chi connectivity index (χ3n) is 3.49. The molecule has 0 unspecified atom stereocenters. The van der Waals surface area contributed by atoms with Gasteiger partial charge in [-0.3, -0.25) is 0 Å². The summed E-state index contributed by atoms with van der Waals surface area (Å²) in [6.07, 6.45) is 1.52. The van der Waals surface area contributed by atoms with Gasteiger partial charge in [0.1, 0.15) is 0 Å². The summed E-state index contributed by atoms with van der Waals surface area (Å²) < 4.78 is 6.26. The molecule has 2 heteroatoms. The molecule has 94 valence electrons. The highest BCUT2D eigenvalue weighted by molar-refractivity contribution is 5.32. The summed E-state index contributed by atoms with van der Waals surface area (Å²) >= 11 is 0. The summed E-state index contributed by atoms with van der Waals surface area (Å²) in [5.41, 5.74) is 2.99. The molecule has 2 atom stereocenters. The first-order valence-corrected chi connectivity index (χ1v) is 6.40. The Kier molecular flexibility index (Phi) is 3.55. The number of rotatable bonds is 2. The van der Waals surface area contributed by atoms with Crippen LogP contribution in [-0.2, 0) is 11.2 Å². The van der Waals surface area contributed by atoms with Crippen molar-refractivity contribution in [2.75, 3.05) is 13.6 Å². The van der Waals surface area contributed by atoms with Gasteiger partial charge in [0.2, 0.25) is 0 Å². The van der Waals surface area contributed by atoms with Crippen LogP contribution in [0.4, 0.5) is 0 Å². The van der Waals surface area contributed by atoms with E-state index in [1.54, 1.807) is 0 Å². The van der Waals surface area contributed by atoms with E-state index >= 15 is 0 Å². The molecule has 1 aromatic rings. The average molecular weight is 233 g/mol. The van der Waals surface area contributed by atoms with Crippen LogP contribution in [0.2, 0.25) is 0 Å². The SMILES string of the molecule is CNC[C@H]1O[C@@H](C(C)(C)C)Cc2ccccc21. The van der Waals surface area contributed by atoms with Gasteiger partial charge < -0.3 is 10.1 Å². The van der Waals surface area contributed by atoms with Crippen molar-refractivity contribution in [1.29, 1.82) is 0 Å². The highest BCUT2D eigenvalue weighted by Gasteiger charge is 2.33. The highest BCUT2D eigenvalue weighted by atomic mass is 16.5. The number of hydrogen-bond acceptors (Lipinski definition) is 2. The maximum atomic E-state index is 6.26. The predicted molar refractivity (Wildman–Crippen MR) is 71.1 cm³/mol. The second kappa shape index (κ2) is 4.79. The van der Waals surface area contributed by atoms with Gasteiger partial charge in [0, 0.05) is 6.54 Å². The number of likely N-dealkylation sites (N-methyl/N-ethyl adjacent to an activating group) is 1. The molecule has 17 heavy (non-hydrogen) atoms. The summed E-state index contributed by atoms with van der Waals surface area (Å²) in [6, 6.07) is 8.65. The summed E-state index contributed by atoms with van der Waals surface area (Å²) in [5.74, 6) is 0. The molecule has 0 radical (unpaired) electrons. The first-order valence-electron chi connectivity index (χ1n) is 6.40. The second-order valence-corrected chi connectivity index (χ2v) is 5.94. The van der Waals surface area contributed by atoms with Crippen molar-refractivity contribution in [1.82, 2.24) is 5.32 Å². The molecule has 0 bridgehead atoms. The average Bonchev–Trinajstić information content (AvgIpc) is 2.28. The lowest BCUT2D eigenvalue weighted by molar-refractivity contribution is -0.0765. The van der Waals surface area contributed by atoms with Crippen LogP contribution in [0.25, 0.3) is 0 Å². The van der Waals surface area contributed by atoms with Crippen LogP contribution in [0.15, 0.2) is 24.3 Å². The summed E-state index contributed by atoms with van der Waals surface area (Å²) in [6.45, 7) is 7.63. The van der Waals surface area contributed by atoms with Gasteiger partial charge in [-0.1, -0.05) is 45.0 Å². The molecular formula is C15H23NO. The van der Waals surface area contributed by atoms with Crippen LogP contribution in [0, 0.1) is 5.41 Å². The van der Waals surface area contributed by atoms with Crippen molar-refractivity contribution in [3.8, 4) is 0 Å². The maximum absolute atomic E-state index is 6.26. The monoisotopic (exact) mass is 233 g/mol. The van der Waals surface area contributed by atoms with Crippen molar-refractivity contribution in [2.45, 2.75) is 39.4 Å². The van der Waals surface area contributed by atoms with E-state index < -0.39 is 0 Å². The van der Waals surface area contributed by atoms with Crippen molar-refractivity contribution in [2.24, 2.45) is 5.41 Å². The standard InChI is InChI=1S/C15H23NO/c1-15(2,3)14-9-11-7-5-6-8-12(11)13(17-14)10-16-4/h5-8,13-14,16H,9-10H2,1-4H3/t13-,14-/m1/s1. The molecule has 0 fully saturated rings. The first kappa shape index (κ1) is 12.6. The van der Waals surface area contributed by atoms with Gasteiger partial charge >= 0.3 is 0 Å². The van der Waals surface area contributed by atoms with Crippen LogP contribution in [0.5, 0.6) is 0 Å². The minimum absolute atomic E-state index is 0.189. The normalized spacial score (nSPS) is 24.5. The molecule has 0 amide bonds. The van der Waals surface area contributed by atoms with Gasteiger partial charge in [0.05, 0.1) is 12.2 Å². The summed E-state index contributed by atoms with van der Waals surface area (Å²) in [5, 5.41) is 3.23. The van der Waals surface area contributed by atoms with Gasteiger partial charge in [0.25, 0.3) is 0 Å². The van der Waals surface area contributed by atoms with Crippen molar-refractivity contribution < 1.29 is 4.74 Å². The second-order valence-electron chi connectivity index (χ2n) is 5.94. The zero-order valence-corrected chi connectivity index (χ0v) is 11.3. The minimum Gasteiger partial charge on any atom is -0.368 e. The Morgan fingerprint density at radius 1 is 1.29 bits per heavy atom. The smallest absolute Gasteiger partial charge is 0.0955 e. The number of benzene rings is 1. The lowest BCUT2D eigenvalue weighted by Gasteiger charge is -2.39. The van der Waals surface area contributed by atoms with Gasteiger partial charge in [-0.25, -0.2) is 0 Å². The van der Waals surface area contributed by atoms with Crippen LogP contribution >= 0.6 is 0 Å². The largest absolute Gasteiger partial charge is 0.368 e. The Hall–Kier alpha value is -0.860. The third kappa shape index (κ3) is 2.70. The fourth-order valence-electron chi connectivity index (χ4n) is 2.41. The number of hydrogen-bond donors (Lipinski definition) is 1. The molecule has 1 aromatic carbocycles. The van der Waals surface area contributed by atoms with Crippen molar-refractivity contribution in [3.05, 3.63) is 35.4 Å². The molecule has 1 heterocycles. The van der Waals surface area contributed by atoms with Crippen molar-refractivity contribution >= 4 is 0 Å². The van der Waals surface area contributed by atoms with Crippen LogP contribution in [0.1, 0.15) is 38.0 Å². The fraction of sp³-hybridized carbons (Fsp3) is 0.600. The number of fused-ring (bicyclic) bond motifs is 1. The van der Waals surface area contributed by atoms with Gasteiger partial charge in [-0.05, 0) is 30.0 Å². The molecule has 2 rings (SSSR count). The highest BCUT2D eigenvalue weighted by Crippen LogP contribution is 2.36. The Bertz CT molecular complexity index is 381. The third-order valence-corrected chi connectivity index (χ3v) is 3.49. The molecule has 0 spiro atoms. The van der Waals surface area contributed by atoms with E-state index in [-0.39, 0.29) is 11.5 Å². The summed E-state index contributed by atoms with van der Waals surface area (Å²) in [7, 11) is 1.98. The van der Waals surface area contributed by atoms with Crippen LogP contribution in [0.3, 0.4) is 0 Å². The first-order chi connectivity index (χ1) is 8.02. The van der Waals surface area contributed by atoms with E-state index in [0.29, 0.717) is 6.10 Å². The molecule has 2 nitrogen and oxygen atoms in total. The molecule has 1 aliphatic heterocycles. The van der Waals surface area contributed by atoms with E-state index in [0.717, 1.165) is 13.0 Å². The molecule has 0 aliphatic carbocycles. The topological polar surface area (TPSA) is 21.3 Å². The summed E-state index contributed by atoms with van der Waals surface area (Å²) in [4.78, 5) is 0. The van der Waals surface area contributed by atoms with Gasteiger partial charge in [0.15, 0.2) is 0 Å². The number of nitrogens with one attached hydrogen (secondary N) is 1. The van der Waals surface area contributed by atoms with E-state index in [1.165, 1.54) is 11.1 Å². The van der Waals surface area contributed by atoms with E-state index in [9.17, 15) is 0 Å². The molecule has 1 aliphatic rings. The molecule has 0 aromatic heterocycles. The van der Waals surface area contributed by atoms with Gasteiger partial charge in [-0.15, -0.1) is 0 Å². The molecule has 0 saturated carbocycles. The lowest BCUT2D eigenvalue weighted by atomic mass is 9.81. The zero-order valence-electron chi connectivity index (χ0n) is 11.3. The lowest BCUT2D eigenvalue weighted by Crippen LogP contribution is -2.38. The molecule has 0 saturated heterocycles. The Morgan fingerprint density at radius 2 is 2.00 bits per heavy atom. The zero-order chi connectivity index (χ0) is 12.5. The van der Waals surface area contributed by atoms with Crippen molar-refractivity contribution in [3.63, 3.8) is 0 Å². The van der Waals surface area contributed by atoms with Crippen LogP contribution < -0.4 is 5.32 Å². The quantitative estimate of drug-likeness (QED) is 0.848. The molecular weight excluding hydrogens is 210 g/mol. The van der Waals surface area contributed by atoms with E-state index in [2.05, 4.69) is 50.4 Å². The van der Waals surface area contributed by atoms with Gasteiger partial charge in [-0.2, -0.15) is 0 Å². The predicted octanol–water partition coefficient (Wildman–Crippen LogP) is 2.93. The van der Waals surface area contributed by atoms with Crippen LogP contribution in [-0.4, -0.2) is 19.7 Å². The Labute approximate surface area is 104 Å².